The molecule has 1 amide bonds. The molecule has 3 rings (SSSR count). The zero-order valence-electron chi connectivity index (χ0n) is 12.6. The number of nitrogens with zero attached hydrogens (tertiary/aromatic N) is 3. The van der Waals surface area contributed by atoms with Crippen LogP contribution in [0.1, 0.15) is 22.0 Å². The number of hydrogen-bond acceptors (Lipinski definition) is 5. The summed E-state index contributed by atoms with van der Waals surface area (Å²) in [4.78, 5) is 24.3. The maximum Gasteiger partial charge on any atom is 0.292 e. The van der Waals surface area contributed by atoms with Crippen LogP contribution in [-0.2, 0) is 7.05 Å². The van der Waals surface area contributed by atoms with Crippen LogP contribution in [0.3, 0.4) is 0 Å². The first kappa shape index (κ1) is 14.7. The van der Waals surface area contributed by atoms with Gasteiger partial charge in [0.05, 0.1) is 11.6 Å². The van der Waals surface area contributed by atoms with Crippen molar-refractivity contribution in [2.75, 3.05) is 0 Å². The number of benzene rings is 1. The van der Waals surface area contributed by atoms with Gasteiger partial charge in [0.2, 0.25) is 0 Å². The zero-order chi connectivity index (χ0) is 16.4. The summed E-state index contributed by atoms with van der Waals surface area (Å²) in [5.41, 5.74) is 2.27. The third-order valence-electron chi connectivity index (χ3n) is 3.29. The topological polar surface area (TPSA) is 89.5 Å². The van der Waals surface area contributed by atoms with Crippen molar-refractivity contribution in [3.8, 4) is 0 Å². The van der Waals surface area contributed by atoms with E-state index in [1.165, 1.54) is 13.3 Å². The molecule has 0 saturated heterocycles. The highest BCUT2D eigenvalue weighted by molar-refractivity contribution is 6.04. The van der Waals surface area contributed by atoms with Gasteiger partial charge in [0.25, 0.3) is 11.5 Å². The Hall–Kier alpha value is -3.22. The molecule has 0 aliphatic carbocycles. The lowest BCUT2D eigenvalue weighted by atomic mass is 10.1. The molecule has 1 N–H and O–H groups in total. The average Bonchev–Trinajstić information content (AvgIpc) is 2.96. The molecule has 0 fully saturated rings. The SMILES string of the molecule is Cc1ccc(/C=N\NC(=O)c2nn(C)c(=O)c3ccccc23)o1. The summed E-state index contributed by atoms with van der Waals surface area (Å²) in [6.45, 7) is 1.82. The summed E-state index contributed by atoms with van der Waals surface area (Å²) in [6.07, 6.45) is 1.40. The maximum absolute atomic E-state index is 12.3. The van der Waals surface area contributed by atoms with Crippen LogP contribution in [-0.4, -0.2) is 21.9 Å². The molecule has 0 atom stereocenters. The number of amides is 1. The second kappa shape index (κ2) is 5.88. The molecule has 0 spiro atoms. The van der Waals surface area contributed by atoms with Crippen LogP contribution in [0, 0.1) is 6.92 Å². The molecule has 116 valence electrons. The molecule has 0 radical (unpaired) electrons. The first-order valence-electron chi connectivity index (χ1n) is 6.92. The molecule has 0 unspecified atom stereocenters. The van der Waals surface area contributed by atoms with Gasteiger partial charge in [-0.05, 0) is 25.1 Å². The Labute approximate surface area is 131 Å². The van der Waals surface area contributed by atoms with E-state index in [1.54, 1.807) is 36.4 Å². The van der Waals surface area contributed by atoms with Gasteiger partial charge in [-0.3, -0.25) is 9.59 Å². The molecule has 0 bridgehead atoms. The van der Waals surface area contributed by atoms with E-state index in [0.29, 0.717) is 16.5 Å². The van der Waals surface area contributed by atoms with E-state index in [4.69, 9.17) is 4.42 Å². The second-order valence-electron chi connectivity index (χ2n) is 4.97. The number of carbonyl (C=O) groups excluding carboxylic acids is 1. The van der Waals surface area contributed by atoms with Gasteiger partial charge >= 0.3 is 0 Å². The third kappa shape index (κ3) is 2.89. The largest absolute Gasteiger partial charge is 0.460 e. The van der Waals surface area contributed by atoms with E-state index in [2.05, 4.69) is 15.6 Å². The molecule has 0 saturated carbocycles. The van der Waals surface area contributed by atoms with Gasteiger partial charge in [-0.2, -0.15) is 10.2 Å². The van der Waals surface area contributed by atoms with Crippen LogP contribution in [0.5, 0.6) is 0 Å². The Morgan fingerprint density at radius 2 is 2.00 bits per heavy atom. The number of hydrazone groups is 1. The average molecular weight is 310 g/mol. The van der Waals surface area contributed by atoms with Crippen LogP contribution in [0.25, 0.3) is 10.8 Å². The highest BCUT2D eigenvalue weighted by atomic mass is 16.3. The predicted molar refractivity (Wildman–Crippen MR) is 85.5 cm³/mol. The van der Waals surface area contributed by atoms with Gasteiger partial charge in [0, 0.05) is 12.4 Å². The molecule has 7 nitrogen and oxygen atoms in total. The highest BCUT2D eigenvalue weighted by Gasteiger charge is 2.14. The Bertz CT molecular complexity index is 969. The Balaban J connectivity index is 1.91. The first-order valence-corrected chi connectivity index (χ1v) is 6.92. The van der Waals surface area contributed by atoms with Gasteiger partial charge in [0.1, 0.15) is 11.5 Å². The Morgan fingerprint density at radius 1 is 1.26 bits per heavy atom. The number of aromatic nitrogens is 2. The van der Waals surface area contributed by atoms with Gasteiger partial charge in [-0.1, -0.05) is 18.2 Å². The van der Waals surface area contributed by atoms with Gasteiger partial charge in [-0.15, -0.1) is 0 Å². The fourth-order valence-corrected chi connectivity index (χ4v) is 2.20. The van der Waals surface area contributed by atoms with Crippen molar-refractivity contribution < 1.29 is 9.21 Å². The van der Waals surface area contributed by atoms with Crippen molar-refractivity contribution in [1.82, 2.24) is 15.2 Å². The van der Waals surface area contributed by atoms with E-state index in [0.717, 1.165) is 10.4 Å². The lowest BCUT2D eigenvalue weighted by molar-refractivity contribution is 0.0950. The zero-order valence-corrected chi connectivity index (χ0v) is 12.6. The number of hydrogen-bond donors (Lipinski definition) is 1. The highest BCUT2D eigenvalue weighted by Crippen LogP contribution is 2.12. The van der Waals surface area contributed by atoms with Gasteiger partial charge in [0.15, 0.2) is 5.69 Å². The van der Waals surface area contributed by atoms with Crippen LogP contribution in [0.2, 0.25) is 0 Å². The van der Waals surface area contributed by atoms with Crippen molar-refractivity contribution in [3.63, 3.8) is 0 Å². The Morgan fingerprint density at radius 3 is 2.70 bits per heavy atom. The molecule has 2 aromatic heterocycles. The standard InChI is InChI=1S/C16H14N4O3/c1-10-7-8-11(23-10)9-17-18-15(21)14-12-5-3-4-6-13(12)16(22)20(2)19-14/h3-9H,1-2H3,(H,18,21)/b17-9-. The minimum Gasteiger partial charge on any atom is -0.460 e. The molecule has 1 aromatic carbocycles. The fourth-order valence-electron chi connectivity index (χ4n) is 2.20. The molecule has 23 heavy (non-hydrogen) atoms. The smallest absolute Gasteiger partial charge is 0.292 e. The quantitative estimate of drug-likeness (QED) is 0.588. The molecule has 3 aromatic rings. The monoisotopic (exact) mass is 310 g/mol. The summed E-state index contributed by atoms with van der Waals surface area (Å²) in [5.74, 6) is 0.779. The maximum atomic E-state index is 12.3. The normalized spacial score (nSPS) is 11.2. The van der Waals surface area contributed by atoms with Crippen molar-refractivity contribution in [2.45, 2.75) is 6.92 Å². The van der Waals surface area contributed by atoms with Crippen LogP contribution in [0.4, 0.5) is 0 Å². The van der Waals surface area contributed by atoms with E-state index in [9.17, 15) is 9.59 Å². The molecule has 0 aliphatic heterocycles. The Kier molecular flexibility index (Phi) is 3.76. The molecule has 7 heteroatoms. The van der Waals surface area contributed by atoms with E-state index in [1.807, 2.05) is 6.92 Å². The van der Waals surface area contributed by atoms with Crippen molar-refractivity contribution in [2.24, 2.45) is 12.1 Å². The van der Waals surface area contributed by atoms with Crippen molar-refractivity contribution in [3.05, 3.63) is 64.0 Å². The number of aryl methyl sites for hydroxylation is 2. The number of fused-ring (bicyclic) bond motifs is 1. The minimum atomic E-state index is -0.503. The molecular formula is C16H14N4O3. The fraction of sp³-hybridized carbons (Fsp3) is 0.125. The summed E-state index contributed by atoms with van der Waals surface area (Å²) in [7, 11) is 1.50. The minimum absolute atomic E-state index is 0.135. The molecular weight excluding hydrogens is 296 g/mol. The summed E-state index contributed by atoms with van der Waals surface area (Å²) >= 11 is 0. The number of carbonyl (C=O) groups is 1. The number of nitrogens with one attached hydrogen (secondary N) is 1. The van der Waals surface area contributed by atoms with E-state index >= 15 is 0 Å². The summed E-state index contributed by atoms with van der Waals surface area (Å²) in [5, 5.41) is 8.78. The van der Waals surface area contributed by atoms with Crippen LogP contribution >= 0.6 is 0 Å². The van der Waals surface area contributed by atoms with E-state index in [-0.39, 0.29) is 11.3 Å². The number of rotatable bonds is 3. The van der Waals surface area contributed by atoms with E-state index < -0.39 is 5.91 Å². The number of furan rings is 1. The van der Waals surface area contributed by atoms with Crippen LogP contribution in [0.15, 0.2) is 50.7 Å². The second-order valence-corrected chi connectivity index (χ2v) is 4.97. The van der Waals surface area contributed by atoms with Gasteiger partial charge < -0.3 is 4.42 Å². The van der Waals surface area contributed by atoms with Gasteiger partial charge in [-0.25, -0.2) is 10.1 Å². The lowest BCUT2D eigenvalue weighted by Gasteiger charge is -2.06. The summed E-state index contributed by atoms with van der Waals surface area (Å²) in [6, 6.07) is 10.4. The lowest BCUT2D eigenvalue weighted by Crippen LogP contribution is -2.27. The summed E-state index contributed by atoms with van der Waals surface area (Å²) < 4.78 is 6.45. The first-order chi connectivity index (χ1) is 11.1. The van der Waals surface area contributed by atoms with Crippen molar-refractivity contribution in [1.29, 1.82) is 0 Å². The van der Waals surface area contributed by atoms with Crippen LogP contribution < -0.4 is 11.0 Å². The molecule has 2 heterocycles. The molecule has 0 aliphatic rings. The third-order valence-corrected chi connectivity index (χ3v) is 3.29. The van der Waals surface area contributed by atoms with Crippen molar-refractivity contribution >= 4 is 22.9 Å². The predicted octanol–water partition coefficient (Wildman–Crippen LogP) is 1.60.